The van der Waals surface area contributed by atoms with E-state index >= 15 is 0 Å². The molecular formula is C56H72N2O4. The zero-order valence-corrected chi connectivity index (χ0v) is 39.4. The molecule has 5 rings (SSSR count). The molecule has 0 aromatic heterocycles. The van der Waals surface area contributed by atoms with Crippen molar-refractivity contribution in [2.24, 2.45) is 0 Å². The van der Waals surface area contributed by atoms with Crippen LogP contribution in [0.25, 0.3) is 44.5 Å². The Kier molecular flexibility index (Phi) is 17.0. The molecule has 5 aromatic rings. The third-order valence-electron chi connectivity index (χ3n) is 11.2. The van der Waals surface area contributed by atoms with Gasteiger partial charge in [-0.25, -0.2) is 9.59 Å². The monoisotopic (exact) mass is 837 g/mol. The first-order valence-corrected chi connectivity index (χ1v) is 23.2. The molecule has 0 fully saturated rings. The van der Waals surface area contributed by atoms with E-state index < -0.39 is 23.4 Å². The van der Waals surface area contributed by atoms with E-state index in [-0.39, 0.29) is 0 Å². The smallest absolute Gasteiger partial charge is 0.412 e. The Morgan fingerprint density at radius 2 is 0.774 bits per heavy atom. The van der Waals surface area contributed by atoms with E-state index in [0.717, 1.165) is 49.7 Å². The van der Waals surface area contributed by atoms with E-state index in [1.165, 1.54) is 94.2 Å². The second-order valence-electron chi connectivity index (χ2n) is 18.6. The van der Waals surface area contributed by atoms with Crippen molar-refractivity contribution in [3.05, 3.63) is 119 Å². The molecule has 0 spiro atoms. The number of anilines is 2. The maximum atomic E-state index is 12.4. The Bertz CT molecular complexity index is 2080. The number of benzene rings is 5. The summed E-state index contributed by atoms with van der Waals surface area (Å²) >= 11 is 0. The molecule has 330 valence electrons. The number of aryl methyl sites for hydroxylation is 4. The maximum Gasteiger partial charge on any atom is 0.412 e. The lowest BCUT2D eigenvalue weighted by atomic mass is 9.84. The van der Waals surface area contributed by atoms with Crippen molar-refractivity contribution in [2.45, 2.75) is 157 Å². The lowest BCUT2D eigenvalue weighted by molar-refractivity contribution is 0.0624. The Morgan fingerprint density at radius 1 is 0.419 bits per heavy atom. The molecule has 2 N–H and O–H groups in total. The fraction of sp³-hybridized carbons (Fsp3) is 0.429. The van der Waals surface area contributed by atoms with Gasteiger partial charge >= 0.3 is 12.2 Å². The molecular weight excluding hydrogens is 765 g/mol. The molecule has 0 bridgehead atoms. The van der Waals surface area contributed by atoms with Crippen LogP contribution in [0.2, 0.25) is 0 Å². The van der Waals surface area contributed by atoms with Crippen LogP contribution in [0.1, 0.15) is 143 Å². The zero-order chi connectivity index (χ0) is 44.9. The van der Waals surface area contributed by atoms with Crippen molar-refractivity contribution in [3.63, 3.8) is 0 Å². The first-order chi connectivity index (χ1) is 29.6. The molecule has 6 nitrogen and oxygen atoms in total. The zero-order valence-electron chi connectivity index (χ0n) is 39.4. The topological polar surface area (TPSA) is 76.7 Å². The van der Waals surface area contributed by atoms with Crippen molar-refractivity contribution >= 4 is 23.6 Å². The van der Waals surface area contributed by atoms with Gasteiger partial charge in [0.2, 0.25) is 0 Å². The maximum absolute atomic E-state index is 12.4. The van der Waals surface area contributed by atoms with Gasteiger partial charge in [0.15, 0.2) is 0 Å². The molecule has 5 aromatic carbocycles. The summed E-state index contributed by atoms with van der Waals surface area (Å²) in [5.74, 6) is 0. The average molecular weight is 837 g/mol. The molecule has 0 aliphatic carbocycles. The summed E-state index contributed by atoms with van der Waals surface area (Å²) in [6.45, 7) is 20.2. The fourth-order valence-electron chi connectivity index (χ4n) is 8.10. The summed E-state index contributed by atoms with van der Waals surface area (Å²) in [5.41, 5.74) is 15.6. The van der Waals surface area contributed by atoms with Crippen molar-refractivity contribution in [1.82, 2.24) is 0 Å². The second kappa shape index (κ2) is 22.1. The van der Waals surface area contributed by atoms with Gasteiger partial charge in [0.1, 0.15) is 11.2 Å². The molecule has 2 amide bonds. The number of ether oxygens (including phenoxy) is 2. The van der Waals surface area contributed by atoms with Crippen molar-refractivity contribution in [1.29, 1.82) is 0 Å². The van der Waals surface area contributed by atoms with Gasteiger partial charge in [-0.3, -0.25) is 10.6 Å². The SMILES string of the molecule is CCCCCCc1cc(-c2ccc(-c3ccc(NC(=O)OC(C)(C)C)cc3)c(CC)c2)c(CCCCCC)cc1-c1ccc(-c2ccc(NC(=O)OC(C)(C)C)cc2)c(CC)c1. The van der Waals surface area contributed by atoms with Gasteiger partial charge in [0.25, 0.3) is 0 Å². The first-order valence-electron chi connectivity index (χ1n) is 23.2. The van der Waals surface area contributed by atoms with Gasteiger partial charge in [-0.1, -0.05) is 139 Å². The number of unbranched alkanes of at least 4 members (excludes halogenated alkanes) is 6. The van der Waals surface area contributed by atoms with E-state index in [4.69, 9.17) is 9.47 Å². The van der Waals surface area contributed by atoms with Gasteiger partial charge in [0.05, 0.1) is 0 Å². The molecule has 0 heterocycles. The predicted octanol–water partition coefficient (Wildman–Crippen LogP) is 16.4. The molecule has 0 atom stereocenters. The van der Waals surface area contributed by atoms with E-state index in [1.54, 1.807) is 0 Å². The quantitative estimate of drug-likeness (QED) is 0.0862. The van der Waals surface area contributed by atoms with E-state index in [0.29, 0.717) is 11.4 Å². The highest BCUT2D eigenvalue weighted by atomic mass is 16.6. The minimum Gasteiger partial charge on any atom is -0.444 e. The van der Waals surface area contributed by atoms with Crippen LogP contribution in [0.5, 0.6) is 0 Å². The number of hydrogen-bond donors (Lipinski definition) is 2. The summed E-state index contributed by atoms with van der Waals surface area (Å²) in [4.78, 5) is 24.8. The molecule has 62 heavy (non-hydrogen) atoms. The highest BCUT2D eigenvalue weighted by Crippen LogP contribution is 2.39. The van der Waals surface area contributed by atoms with Crippen LogP contribution in [-0.4, -0.2) is 23.4 Å². The third-order valence-corrected chi connectivity index (χ3v) is 11.2. The minimum absolute atomic E-state index is 0.453. The van der Waals surface area contributed by atoms with Gasteiger partial charge in [0, 0.05) is 11.4 Å². The van der Waals surface area contributed by atoms with Crippen LogP contribution in [0.3, 0.4) is 0 Å². The van der Waals surface area contributed by atoms with Gasteiger partial charge < -0.3 is 9.47 Å². The van der Waals surface area contributed by atoms with E-state index in [1.807, 2.05) is 65.8 Å². The molecule has 0 unspecified atom stereocenters. The second-order valence-corrected chi connectivity index (χ2v) is 18.6. The molecule has 0 aliphatic rings. The molecule has 0 radical (unpaired) electrons. The van der Waals surface area contributed by atoms with Crippen molar-refractivity contribution in [3.8, 4) is 44.5 Å². The average Bonchev–Trinajstić information content (AvgIpc) is 3.23. The molecule has 0 saturated carbocycles. The number of rotatable bonds is 18. The van der Waals surface area contributed by atoms with Crippen LogP contribution in [0.4, 0.5) is 21.0 Å². The number of hydrogen-bond acceptors (Lipinski definition) is 4. The Morgan fingerprint density at radius 3 is 1.10 bits per heavy atom. The van der Waals surface area contributed by atoms with E-state index in [9.17, 15) is 9.59 Å². The highest BCUT2D eigenvalue weighted by Gasteiger charge is 2.19. The van der Waals surface area contributed by atoms with Crippen molar-refractivity contribution < 1.29 is 19.1 Å². The van der Waals surface area contributed by atoms with Crippen molar-refractivity contribution in [2.75, 3.05) is 10.6 Å². The molecule has 0 aliphatic heterocycles. The van der Waals surface area contributed by atoms with Crippen LogP contribution >= 0.6 is 0 Å². The lowest BCUT2D eigenvalue weighted by Crippen LogP contribution is -2.27. The fourth-order valence-corrected chi connectivity index (χ4v) is 8.10. The summed E-state index contributed by atoms with van der Waals surface area (Å²) in [5, 5.41) is 5.72. The first kappa shape index (κ1) is 47.7. The number of amides is 2. The van der Waals surface area contributed by atoms with Gasteiger partial charge in [-0.05, 0) is 171 Å². The summed E-state index contributed by atoms with van der Waals surface area (Å²) < 4.78 is 10.9. The normalized spacial score (nSPS) is 11.6. The number of carbonyl (C=O) groups excluding carboxylic acids is 2. The Hall–Kier alpha value is -5.36. The van der Waals surface area contributed by atoms with Gasteiger partial charge in [-0.15, -0.1) is 0 Å². The number of carbonyl (C=O) groups is 2. The van der Waals surface area contributed by atoms with Crippen LogP contribution < -0.4 is 10.6 Å². The van der Waals surface area contributed by atoms with Gasteiger partial charge in [-0.2, -0.15) is 0 Å². The highest BCUT2D eigenvalue weighted by molar-refractivity contribution is 5.87. The van der Waals surface area contributed by atoms with E-state index in [2.05, 4.69) is 111 Å². The molecule has 6 heteroatoms. The number of nitrogens with one attached hydrogen (secondary N) is 2. The standard InChI is InChI=1S/C56H72N2O4/c1-11-15-17-19-21-43-37-52(46-28-34-50(40(14-4)36-46)42-25-31-48(32-26-42)58-54(60)62-56(8,9)10)44(22-20-18-16-12-2)38-51(43)45-27-33-49(39(13-3)35-45)41-23-29-47(30-24-41)57-53(59)61-55(5,6)7/h23-38H,11-22H2,1-10H3,(H,57,59)(H,58,60). The summed E-state index contributed by atoms with van der Waals surface area (Å²) in [6.07, 6.45) is 12.7. The Balaban J connectivity index is 1.52. The lowest BCUT2D eigenvalue weighted by Gasteiger charge is -2.20. The predicted molar refractivity (Wildman–Crippen MR) is 262 cm³/mol. The van der Waals surface area contributed by atoms with Crippen LogP contribution in [0.15, 0.2) is 97.1 Å². The molecule has 0 saturated heterocycles. The minimum atomic E-state index is -0.557. The largest absolute Gasteiger partial charge is 0.444 e. The summed E-state index contributed by atoms with van der Waals surface area (Å²) in [7, 11) is 0. The van der Waals surface area contributed by atoms with Crippen LogP contribution in [0, 0.1) is 0 Å². The van der Waals surface area contributed by atoms with Crippen LogP contribution in [-0.2, 0) is 35.2 Å². The third kappa shape index (κ3) is 13.8. The Labute approximate surface area is 373 Å². The summed E-state index contributed by atoms with van der Waals surface area (Å²) in [6, 6.07) is 35.2.